The molecule has 8 heteroatoms. The smallest absolute Gasteiger partial charge is 0.420 e. The monoisotopic (exact) mass is 270 g/mol. The minimum atomic E-state index is -5.11. The Bertz CT molecular complexity index is 633. The molecule has 2 aromatic rings. The maximum atomic E-state index is 12.5. The van der Waals surface area contributed by atoms with Crippen LogP contribution in [0.25, 0.3) is 0 Å². The first-order valence-corrected chi connectivity index (χ1v) is 6.03. The van der Waals surface area contributed by atoms with Crippen molar-refractivity contribution in [3.05, 3.63) is 42.7 Å². The normalized spacial score (nSPS) is 10.9. The standard InChI is InChI=1S/C10H7FN2O4S/c11-18(14,15)17-9-5-2-1-4-8(9)16-10-12-6-3-7-13-10/h1-7H. The highest BCUT2D eigenvalue weighted by atomic mass is 32.3. The van der Waals surface area contributed by atoms with Gasteiger partial charge < -0.3 is 8.92 Å². The predicted octanol–water partition coefficient (Wildman–Crippen LogP) is 1.86. The van der Waals surface area contributed by atoms with E-state index in [1.165, 1.54) is 30.6 Å². The van der Waals surface area contributed by atoms with Crippen LogP contribution in [0.2, 0.25) is 0 Å². The highest BCUT2D eigenvalue weighted by molar-refractivity contribution is 7.81. The summed E-state index contributed by atoms with van der Waals surface area (Å²) in [5.74, 6) is -0.294. The van der Waals surface area contributed by atoms with Gasteiger partial charge >= 0.3 is 16.5 Å². The fraction of sp³-hybridized carbons (Fsp3) is 0. The average molecular weight is 270 g/mol. The van der Waals surface area contributed by atoms with E-state index >= 15 is 0 Å². The van der Waals surface area contributed by atoms with Gasteiger partial charge in [-0.3, -0.25) is 0 Å². The van der Waals surface area contributed by atoms with E-state index in [2.05, 4.69) is 14.2 Å². The molecule has 0 saturated heterocycles. The van der Waals surface area contributed by atoms with Gasteiger partial charge in [0, 0.05) is 12.4 Å². The molecule has 0 atom stereocenters. The summed E-state index contributed by atoms with van der Waals surface area (Å²) in [6.07, 6.45) is 2.88. The second-order valence-corrected chi connectivity index (χ2v) is 4.01. The Morgan fingerprint density at radius 3 is 2.22 bits per heavy atom. The van der Waals surface area contributed by atoms with Crippen LogP contribution in [0.3, 0.4) is 0 Å². The molecule has 0 radical (unpaired) electrons. The fourth-order valence-corrected chi connectivity index (χ4v) is 1.50. The highest BCUT2D eigenvalue weighted by Crippen LogP contribution is 2.30. The Hall–Kier alpha value is -2.22. The van der Waals surface area contributed by atoms with Crippen LogP contribution in [-0.2, 0) is 10.5 Å². The SMILES string of the molecule is O=S(=O)(F)Oc1ccccc1Oc1ncccn1. The molecule has 1 heterocycles. The molecule has 0 amide bonds. The molecule has 1 aromatic carbocycles. The molecule has 2 rings (SSSR count). The summed E-state index contributed by atoms with van der Waals surface area (Å²) in [4.78, 5) is 7.56. The van der Waals surface area contributed by atoms with Gasteiger partial charge in [0.1, 0.15) is 0 Å². The summed E-state index contributed by atoms with van der Waals surface area (Å²) in [7, 11) is -5.11. The molecule has 0 unspecified atom stereocenters. The van der Waals surface area contributed by atoms with Gasteiger partial charge in [0.25, 0.3) is 0 Å². The van der Waals surface area contributed by atoms with Crippen molar-refractivity contribution < 1.29 is 21.2 Å². The number of benzene rings is 1. The Balaban J connectivity index is 2.28. The van der Waals surface area contributed by atoms with Gasteiger partial charge in [0.15, 0.2) is 11.5 Å². The maximum absolute atomic E-state index is 12.5. The number of ether oxygens (including phenoxy) is 1. The van der Waals surface area contributed by atoms with Gasteiger partial charge in [0.2, 0.25) is 0 Å². The summed E-state index contributed by atoms with van der Waals surface area (Å²) in [5, 5.41) is 0. The molecule has 0 N–H and O–H groups in total. The second kappa shape index (κ2) is 4.96. The Kier molecular flexibility index (Phi) is 3.38. The van der Waals surface area contributed by atoms with Crippen molar-refractivity contribution in [3.8, 4) is 17.5 Å². The zero-order valence-corrected chi connectivity index (χ0v) is 9.67. The van der Waals surface area contributed by atoms with Crippen molar-refractivity contribution in [2.24, 2.45) is 0 Å². The number of rotatable bonds is 4. The van der Waals surface area contributed by atoms with E-state index in [-0.39, 0.29) is 17.5 Å². The number of nitrogens with zero attached hydrogens (tertiary/aromatic N) is 2. The van der Waals surface area contributed by atoms with Gasteiger partial charge in [0.05, 0.1) is 0 Å². The maximum Gasteiger partial charge on any atom is 0.488 e. The van der Waals surface area contributed by atoms with Gasteiger partial charge in [-0.15, -0.1) is 0 Å². The second-order valence-electron chi connectivity index (χ2n) is 3.06. The summed E-state index contributed by atoms with van der Waals surface area (Å²) in [6.45, 7) is 0. The molecule has 6 nitrogen and oxygen atoms in total. The Labute approximate surface area is 102 Å². The van der Waals surface area contributed by atoms with E-state index in [0.717, 1.165) is 0 Å². The van der Waals surface area contributed by atoms with Crippen LogP contribution in [0.1, 0.15) is 0 Å². The van der Waals surface area contributed by atoms with Crippen molar-refractivity contribution in [2.75, 3.05) is 0 Å². The highest BCUT2D eigenvalue weighted by Gasteiger charge is 2.15. The number of aromatic nitrogens is 2. The van der Waals surface area contributed by atoms with Crippen molar-refractivity contribution in [1.82, 2.24) is 9.97 Å². The minimum absolute atomic E-state index is 0.00933. The summed E-state index contributed by atoms with van der Waals surface area (Å²) < 4.78 is 42.6. The van der Waals surface area contributed by atoms with Crippen LogP contribution < -0.4 is 8.92 Å². The minimum Gasteiger partial charge on any atom is -0.420 e. The van der Waals surface area contributed by atoms with Crippen molar-refractivity contribution in [1.29, 1.82) is 0 Å². The van der Waals surface area contributed by atoms with Crippen LogP contribution in [0.4, 0.5) is 3.89 Å². The number of hydrogen-bond donors (Lipinski definition) is 0. The lowest BCUT2D eigenvalue weighted by molar-refractivity contribution is 0.398. The van der Waals surface area contributed by atoms with Gasteiger partial charge in [-0.1, -0.05) is 16.0 Å². The molecule has 18 heavy (non-hydrogen) atoms. The molecule has 0 aliphatic rings. The van der Waals surface area contributed by atoms with E-state index in [1.807, 2.05) is 0 Å². The zero-order valence-electron chi connectivity index (χ0n) is 8.86. The zero-order chi connectivity index (χ0) is 13.0. The molecule has 0 aliphatic heterocycles. The van der Waals surface area contributed by atoms with Crippen LogP contribution in [0, 0.1) is 0 Å². The first kappa shape index (κ1) is 12.2. The van der Waals surface area contributed by atoms with Crippen molar-refractivity contribution in [3.63, 3.8) is 0 Å². The molecule has 0 bridgehead atoms. The Morgan fingerprint density at radius 2 is 1.61 bits per heavy atom. The van der Waals surface area contributed by atoms with Crippen LogP contribution in [0.15, 0.2) is 42.7 Å². The summed E-state index contributed by atoms with van der Waals surface area (Å²) in [6, 6.07) is 7.26. The number of halogens is 1. The molecule has 0 aliphatic carbocycles. The third-order valence-corrected chi connectivity index (χ3v) is 2.16. The molecule has 0 spiro atoms. The average Bonchev–Trinajstić information content (AvgIpc) is 2.31. The van der Waals surface area contributed by atoms with Gasteiger partial charge in [-0.05, 0) is 18.2 Å². The molecule has 0 fully saturated rings. The summed E-state index contributed by atoms with van der Waals surface area (Å²) in [5.41, 5.74) is 0. The summed E-state index contributed by atoms with van der Waals surface area (Å²) >= 11 is 0. The quantitative estimate of drug-likeness (QED) is 0.789. The third-order valence-electron chi connectivity index (χ3n) is 1.78. The van der Waals surface area contributed by atoms with E-state index in [0.29, 0.717) is 0 Å². The third kappa shape index (κ3) is 3.39. The van der Waals surface area contributed by atoms with E-state index in [4.69, 9.17) is 4.74 Å². The number of para-hydroxylation sites is 2. The van der Waals surface area contributed by atoms with Crippen LogP contribution in [0.5, 0.6) is 17.5 Å². The topological polar surface area (TPSA) is 78.4 Å². The molecule has 0 saturated carbocycles. The van der Waals surface area contributed by atoms with Crippen molar-refractivity contribution >= 4 is 10.5 Å². The first-order chi connectivity index (χ1) is 8.54. The van der Waals surface area contributed by atoms with Crippen LogP contribution >= 0.6 is 0 Å². The molecule has 94 valence electrons. The lowest BCUT2D eigenvalue weighted by atomic mass is 10.3. The fourth-order valence-electron chi connectivity index (χ4n) is 1.15. The lowest BCUT2D eigenvalue weighted by Crippen LogP contribution is -2.02. The van der Waals surface area contributed by atoms with Crippen LogP contribution in [-0.4, -0.2) is 18.4 Å². The molecular weight excluding hydrogens is 263 g/mol. The van der Waals surface area contributed by atoms with Crippen molar-refractivity contribution in [2.45, 2.75) is 0 Å². The first-order valence-electron chi connectivity index (χ1n) is 4.72. The van der Waals surface area contributed by atoms with Gasteiger partial charge in [-0.25, -0.2) is 9.97 Å². The Morgan fingerprint density at radius 1 is 1.00 bits per heavy atom. The largest absolute Gasteiger partial charge is 0.488 e. The van der Waals surface area contributed by atoms with Gasteiger partial charge in [-0.2, -0.15) is 8.42 Å². The molecule has 1 aromatic heterocycles. The van der Waals surface area contributed by atoms with E-state index in [1.54, 1.807) is 12.1 Å². The number of hydrogen-bond acceptors (Lipinski definition) is 6. The predicted molar refractivity (Wildman–Crippen MR) is 59.2 cm³/mol. The lowest BCUT2D eigenvalue weighted by Gasteiger charge is -2.07. The van der Waals surface area contributed by atoms with E-state index in [9.17, 15) is 12.3 Å². The molecular formula is C10H7FN2O4S. The van der Waals surface area contributed by atoms with E-state index < -0.39 is 10.5 Å².